The molecule has 0 aliphatic carbocycles. The molecule has 1 aromatic carbocycles. The van der Waals surface area contributed by atoms with Gasteiger partial charge in [0.05, 0.1) is 11.7 Å². The minimum absolute atomic E-state index is 0.575. The van der Waals surface area contributed by atoms with Crippen LogP contribution in [0.25, 0.3) is 10.9 Å². The summed E-state index contributed by atoms with van der Waals surface area (Å²) < 4.78 is 0. The summed E-state index contributed by atoms with van der Waals surface area (Å²) in [7, 11) is 0. The van der Waals surface area contributed by atoms with E-state index >= 15 is 0 Å². The molecule has 0 fully saturated rings. The number of hydrogen-bond donors (Lipinski definition) is 2. The Labute approximate surface area is 69.9 Å². The molecule has 3 nitrogen and oxygen atoms in total. The zero-order valence-electron chi connectivity index (χ0n) is 6.76. The van der Waals surface area contributed by atoms with Gasteiger partial charge in [0.2, 0.25) is 0 Å². The molecule has 0 unspecified atom stereocenters. The largest absolute Gasteiger partial charge is 0.305 e. The number of aromatic amines is 1. The highest BCUT2D eigenvalue weighted by atomic mass is 15.1. The minimum Gasteiger partial charge on any atom is -0.305 e. The topological polar surface area (TPSA) is 52.5 Å². The van der Waals surface area contributed by atoms with Crippen LogP contribution in [0.3, 0.4) is 0 Å². The number of nitrogens with one attached hydrogen (secondary N) is 2. The molecule has 3 heteroatoms. The lowest BCUT2D eigenvalue weighted by molar-refractivity contribution is 1.12. The number of aromatic nitrogens is 2. The maximum absolute atomic E-state index is 7.43. The van der Waals surface area contributed by atoms with Crippen LogP contribution in [-0.4, -0.2) is 15.9 Å². The van der Waals surface area contributed by atoms with Gasteiger partial charge in [-0.3, -0.25) is 5.10 Å². The van der Waals surface area contributed by atoms with Crippen LogP contribution < -0.4 is 0 Å². The molecular weight excluding hydrogens is 150 g/mol. The molecular formula is C9H9N3. The standard InChI is InChI=1S/C9H9N3/c1-6(10)7-2-3-8-5-11-12-9(8)4-7/h2-5,10H,1H3,(H,11,12). The number of nitrogens with zero attached hydrogens (tertiary/aromatic N) is 1. The van der Waals surface area contributed by atoms with Crippen molar-refractivity contribution in [1.29, 1.82) is 5.41 Å². The molecule has 2 aromatic rings. The lowest BCUT2D eigenvalue weighted by Crippen LogP contribution is -1.90. The Morgan fingerprint density at radius 1 is 1.50 bits per heavy atom. The van der Waals surface area contributed by atoms with Crippen molar-refractivity contribution < 1.29 is 0 Å². The van der Waals surface area contributed by atoms with Crippen molar-refractivity contribution in [1.82, 2.24) is 10.2 Å². The van der Waals surface area contributed by atoms with E-state index in [2.05, 4.69) is 10.2 Å². The molecule has 0 spiro atoms. The fourth-order valence-corrected chi connectivity index (χ4v) is 1.17. The Kier molecular flexibility index (Phi) is 1.43. The van der Waals surface area contributed by atoms with Crippen LogP contribution >= 0.6 is 0 Å². The smallest absolute Gasteiger partial charge is 0.0656 e. The Balaban J connectivity index is 2.68. The van der Waals surface area contributed by atoms with Crippen LogP contribution in [0.2, 0.25) is 0 Å². The summed E-state index contributed by atoms with van der Waals surface area (Å²) in [6.45, 7) is 1.78. The molecule has 60 valence electrons. The number of benzene rings is 1. The van der Waals surface area contributed by atoms with Gasteiger partial charge >= 0.3 is 0 Å². The number of H-pyrrole nitrogens is 1. The van der Waals surface area contributed by atoms with E-state index in [1.165, 1.54) is 0 Å². The highest BCUT2D eigenvalue weighted by Crippen LogP contribution is 2.12. The number of hydrogen-bond acceptors (Lipinski definition) is 2. The van der Waals surface area contributed by atoms with Gasteiger partial charge in [-0.25, -0.2) is 0 Å². The van der Waals surface area contributed by atoms with Gasteiger partial charge < -0.3 is 5.41 Å². The van der Waals surface area contributed by atoms with Crippen LogP contribution in [0.15, 0.2) is 24.4 Å². The lowest BCUT2D eigenvalue weighted by Gasteiger charge is -1.96. The van der Waals surface area contributed by atoms with Crippen molar-refractivity contribution in [3.05, 3.63) is 30.0 Å². The van der Waals surface area contributed by atoms with E-state index in [1.807, 2.05) is 18.2 Å². The van der Waals surface area contributed by atoms with Crippen LogP contribution in [0.4, 0.5) is 0 Å². The predicted octanol–water partition coefficient (Wildman–Crippen LogP) is 1.95. The molecule has 0 aliphatic rings. The molecule has 0 saturated heterocycles. The zero-order chi connectivity index (χ0) is 8.55. The fraction of sp³-hybridized carbons (Fsp3) is 0.111. The number of rotatable bonds is 1. The molecule has 0 amide bonds. The molecule has 0 atom stereocenters. The van der Waals surface area contributed by atoms with Crippen LogP contribution in [-0.2, 0) is 0 Å². The zero-order valence-corrected chi connectivity index (χ0v) is 6.76. The van der Waals surface area contributed by atoms with Gasteiger partial charge in [-0.1, -0.05) is 12.1 Å². The van der Waals surface area contributed by atoms with E-state index in [0.717, 1.165) is 16.5 Å². The minimum atomic E-state index is 0.575. The summed E-state index contributed by atoms with van der Waals surface area (Å²) in [6.07, 6.45) is 1.78. The summed E-state index contributed by atoms with van der Waals surface area (Å²) >= 11 is 0. The monoisotopic (exact) mass is 159 g/mol. The number of fused-ring (bicyclic) bond motifs is 1. The predicted molar refractivity (Wildman–Crippen MR) is 48.6 cm³/mol. The van der Waals surface area contributed by atoms with Gasteiger partial charge in [0.25, 0.3) is 0 Å². The van der Waals surface area contributed by atoms with E-state index in [1.54, 1.807) is 13.1 Å². The molecule has 12 heavy (non-hydrogen) atoms. The third kappa shape index (κ3) is 0.993. The Morgan fingerprint density at radius 2 is 2.33 bits per heavy atom. The van der Waals surface area contributed by atoms with E-state index in [9.17, 15) is 0 Å². The average molecular weight is 159 g/mol. The van der Waals surface area contributed by atoms with E-state index < -0.39 is 0 Å². The van der Waals surface area contributed by atoms with Gasteiger partial charge in [0.15, 0.2) is 0 Å². The second kappa shape index (κ2) is 2.44. The molecule has 0 bridgehead atoms. The quantitative estimate of drug-likeness (QED) is 0.614. The first-order chi connectivity index (χ1) is 5.77. The van der Waals surface area contributed by atoms with Gasteiger partial charge in [0, 0.05) is 11.1 Å². The molecule has 0 radical (unpaired) electrons. The van der Waals surface area contributed by atoms with Crippen LogP contribution in [0.1, 0.15) is 12.5 Å². The fourth-order valence-electron chi connectivity index (χ4n) is 1.17. The molecule has 2 rings (SSSR count). The van der Waals surface area contributed by atoms with Gasteiger partial charge in [-0.05, 0) is 18.6 Å². The Bertz CT molecular complexity index is 428. The van der Waals surface area contributed by atoms with Gasteiger partial charge in [-0.2, -0.15) is 5.10 Å². The summed E-state index contributed by atoms with van der Waals surface area (Å²) in [5.41, 5.74) is 2.50. The van der Waals surface area contributed by atoms with E-state index in [4.69, 9.17) is 5.41 Å². The second-order valence-corrected chi connectivity index (χ2v) is 2.80. The van der Waals surface area contributed by atoms with Crippen molar-refractivity contribution >= 4 is 16.6 Å². The van der Waals surface area contributed by atoms with Crippen LogP contribution in [0, 0.1) is 5.41 Å². The third-order valence-corrected chi connectivity index (χ3v) is 1.87. The van der Waals surface area contributed by atoms with Crippen molar-refractivity contribution in [3.8, 4) is 0 Å². The molecule has 0 saturated carbocycles. The summed E-state index contributed by atoms with van der Waals surface area (Å²) in [5.74, 6) is 0. The normalized spacial score (nSPS) is 10.4. The molecule has 1 aromatic heterocycles. The molecule has 2 N–H and O–H groups in total. The lowest BCUT2D eigenvalue weighted by atomic mass is 10.1. The summed E-state index contributed by atoms with van der Waals surface area (Å²) in [4.78, 5) is 0. The highest BCUT2D eigenvalue weighted by molar-refractivity contribution is 5.99. The van der Waals surface area contributed by atoms with Gasteiger partial charge in [-0.15, -0.1) is 0 Å². The highest BCUT2D eigenvalue weighted by Gasteiger charge is 1.98. The van der Waals surface area contributed by atoms with Crippen molar-refractivity contribution in [2.75, 3.05) is 0 Å². The Hall–Kier alpha value is -1.64. The van der Waals surface area contributed by atoms with Crippen molar-refractivity contribution in [3.63, 3.8) is 0 Å². The van der Waals surface area contributed by atoms with E-state index in [0.29, 0.717) is 5.71 Å². The van der Waals surface area contributed by atoms with Crippen molar-refractivity contribution in [2.45, 2.75) is 6.92 Å². The SMILES string of the molecule is CC(=N)c1ccc2cn[nH]c2c1. The van der Waals surface area contributed by atoms with Crippen molar-refractivity contribution in [2.24, 2.45) is 0 Å². The third-order valence-electron chi connectivity index (χ3n) is 1.87. The first-order valence-corrected chi connectivity index (χ1v) is 3.76. The maximum Gasteiger partial charge on any atom is 0.0656 e. The first-order valence-electron chi connectivity index (χ1n) is 3.76. The van der Waals surface area contributed by atoms with Crippen LogP contribution in [0.5, 0.6) is 0 Å². The second-order valence-electron chi connectivity index (χ2n) is 2.80. The van der Waals surface area contributed by atoms with E-state index in [-0.39, 0.29) is 0 Å². The average Bonchev–Trinajstić information content (AvgIpc) is 2.49. The maximum atomic E-state index is 7.43. The Morgan fingerprint density at radius 3 is 3.08 bits per heavy atom. The summed E-state index contributed by atoms with van der Waals surface area (Å²) in [6, 6.07) is 5.83. The first kappa shape index (κ1) is 7.03. The summed E-state index contributed by atoms with van der Waals surface area (Å²) in [5, 5.41) is 15.3. The molecule has 1 heterocycles. The van der Waals surface area contributed by atoms with Gasteiger partial charge in [0.1, 0.15) is 0 Å². The molecule has 0 aliphatic heterocycles.